The number of hydrogen-bond donors (Lipinski definition) is 3. The highest BCUT2D eigenvalue weighted by Gasteiger charge is 2.12. The van der Waals surface area contributed by atoms with Crippen LogP contribution in [0.15, 0.2) is 35.7 Å². The first kappa shape index (κ1) is 15.7. The molecule has 1 aromatic carbocycles. The Balaban J connectivity index is 0.00000176. The van der Waals surface area contributed by atoms with E-state index >= 15 is 0 Å². The molecule has 0 aliphatic carbocycles. The number of benzene rings is 1. The lowest BCUT2D eigenvalue weighted by Gasteiger charge is -1.98. The quantitative estimate of drug-likeness (QED) is 0.641. The van der Waals surface area contributed by atoms with E-state index in [-0.39, 0.29) is 17.9 Å². The van der Waals surface area contributed by atoms with Crippen molar-refractivity contribution < 1.29 is 14.3 Å². The maximum atomic E-state index is 12.3. The summed E-state index contributed by atoms with van der Waals surface area (Å²) in [6, 6.07) is 8.79. The molecule has 114 valence electrons. The molecule has 2 aromatic heterocycles. The second-order valence-corrected chi connectivity index (χ2v) is 5.19. The van der Waals surface area contributed by atoms with Gasteiger partial charge in [-0.1, -0.05) is 6.07 Å². The monoisotopic (exact) mass is 318 g/mol. The van der Waals surface area contributed by atoms with Gasteiger partial charge in [0.2, 0.25) is 11.7 Å². The maximum Gasteiger partial charge on any atom is 0.413 e. The van der Waals surface area contributed by atoms with Crippen molar-refractivity contribution in [2.24, 2.45) is 0 Å². The number of nitrogens with zero attached hydrogens (tertiary/aromatic N) is 1. The zero-order valence-corrected chi connectivity index (χ0v) is 12.6. The van der Waals surface area contributed by atoms with Crippen LogP contribution in [0.1, 0.15) is 15.2 Å². The maximum absolute atomic E-state index is 12.3. The van der Waals surface area contributed by atoms with Crippen LogP contribution in [0.5, 0.6) is 0 Å². The van der Waals surface area contributed by atoms with Gasteiger partial charge in [0.05, 0.1) is 23.0 Å². The Morgan fingerprint density at radius 1 is 1.32 bits per heavy atom. The summed E-state index contributed by atoms with van der Waals surface area (Å²) in [5, 5.41) is 4.31. The molecule has 7 nitrogen and oxygen atoms in total. The summed E-state index contributed by atoms with van der Waals surface area (Å²) in [6.45, 7) is 0. The van der Waals surface area contributed by atoms with Crippen LogP contribution in [-0.4, -0.2) is 29.0 Å². The van der Waals surface area contributed by atoms with Crippen LogP contribution in [0.4, 0.5) is 10.7 Å². The molecule has 0 atom stereocenters. The average Bonchev–Trinajstić information content (AvgIpc) is 3.14. The van der Waals surface area contributed by atoms with Gasteiger partial charge in [0, 0.05) is 5.56 Å². The second kappa shape index (κ2) is 6.37. The van der Waals surface area contributed by atoms with Gasteiger partial charge in [-0.15, -0.1) is 11.3 Å². The molecule has 0 aliphatic heterocycles. The van der Waals surface area contributed by atoms with Crippen LogP contribution in [0.2, 0.25) is 0 Å². The van der Waals surface area contributed by atoms with Crippen molar-refractivity contribution in [3.05, 3.63) is 46.2 Å². The zero-order chi connectivity index (χ0) is 14.8. The number of fused-ring (bicyclic) bond motifs is 1. The number of carbonyl (C=O) groups is 2. The van der Waals surface area contributed by atoms with E-state index in [0.717, 1.165) is 0 Å². The summed E-state index contributed by atoms with van der Waals surface area (Å²) >= 11 is 1.40. The number of ketones is 1. The van der Waals surface area contributed by atoms with Gasteiger partial charge in [-0.3, -0.25) is 10.1 Å². The molecule has 2 heterocycles. The highest BCUT2D eigenvalue weighted by Crippen LogP contribution is 2.20. The Bertz CT molecular complexity index is 811. The highest BCUT2D eigenvalue weighted by atomic mass is 32.1. The number of imidazole rings is 1. The Morgan fingerprint density at radius 2 is 2.14 bits per heavy atom. The minimum Gasteiger partial charge on any atom is -0.453 e. The number of thiophene rings is 1. The molecule has 3 rings (SSSR count). The van der Waals surface area contributed by atoms with Crippen molar-refractivity contribution in [2.45, 2.75) is 0 Å². The van der Waals surface area contributed by atoms with Crippen molar-refractivity contribution >= 4 is 40.2 Å². The molecule has 0 saturated carbocycles. The summed E-state index contributed by atoms with van der Waals surface area (Å²) in [5.74, 6) is 0.238. The minimum atomic E-state index is -0.607. The molecule has 3 aromatic rings. The number of ether oxygens (including phenoxy) is 1. The summed E-state index contributed by atoms with van der Waals surface area (Å²) in [5.41, 5.74) is 1.89. The smallest absolute Gasteiger partial charge is 0.413 e. The number of carbonyl (C=O) groups excluding carboxylic acids is 2. The van der Waals surface area contributed by atoms with Gasteiger partial charge >= 0.3 is 6.09 Å². The molecule has 0 spiro atoms. The minimum absolute atomic E-state index is 0. The Kier molecular flexibility index (Phi) is 4.54. The first-order chi connectivity index (χ1) is 10.2. The number of anilines is 1. The molecule has 0 bridgehead atoms. The fourth-order valence-corrected chi connectivity index (χ4v) is 2.59. The normalized spacial score (nSPS) is 10.0. The number of aromatic nitrogens is 2. The third-order valence-corrected chi connectivity index (χ3v) is 3.76. The topological polar surface area (TPSA) is 119 Å². The second-order valence-electron chi connectivity index (χ2n) is 4.24. The van der Waals surface area contributed by atoms with Crippen LogP contribution in [0.3, 0.4) is 0 Å². The third-order valence-electron chi connectivity index (χ3n) is 2.89. The van der Waals surface area contributed by atoms with E-state index in [1.807, 2.05) is 11.4 Å². The third kappa shape index (κ3) is 2.97. The number of hydrogen-bond acceptors (Lipinski definition) is 6. The molecular weight excluding hydrogens is 304 g/mol. The predicted octanol–water partition coefficient (Wildman–Crippen LogP) is 3.20. The van der Waals surface area contributed by atoms with Crippen LogP contribution < -0.4 is 11.5 Å². The van der Waals surface area contributed by atoms with E-state index in [1.165, 1.54) is 18.4 Å². The molecule has 0 aliphatic rings. The average molecular weight is 318 g/mol. The SMILES string of the molecule is COC(=O)Nc1nc2ccc(C(=O)c3cccs3)cc2[nH]1.N. The first-order valence-electron chi connectivity index (χ1n) is 6.10. The lowest BCUT2D eigenvalue weighted by Crippen LogP contribution is -2.11. The van der Waals surface area contributed by atoms with Gasteiger partial charge in [0.1, 0.15) is 0 Å². The fraction of sp³-hybridized carbons (Fsp3) is 0.0714. The number of aromatic amines is 1. The molecule has 22 heavy (non-hydrogen) atoms. The van der Waals surface area contributed by atoms with Crippen molar-refractivity contribution in [3.63, 3.8) is 0 Å². The van der Waals surface area contributed by atoms with Crippen LogP contribution in [0, 0.1) is 0 Å². The van der Waals surface area contributed by atoms with E-state index in [9.17, 15) is 9.59 Å². The van der Waals surface area contributed by atoms with Gasteiger partial charge in [0.15, 0.2) is 0 Å². The number of nitrogens with one attached hydrogen (secondary N) is 2. The van der Waals surface area contributed by atoms with Crippen molar-refractivity contribution in [3.8, 4) is 0 Å². The van der Waals surface area contributed by atoms with Gasteiger partial charge in [-0.25, -0.2) is 9.78 Å². The summed E-state index contributed by atoms with van der Waals surface area (Å²) < 4.78 is 4.50. The van der Waals surface area contributed by atoms with Crippen LogP contribution in [0.25, 0.3) is 11.0 Å². The lowest BCUT2D eigenvalue weighted by molar-refractivity contribution is 0.104. The molecule has 0 saturated heterocycles. The molecule has 8 heteroatoms. The number of H-pyrrole nitrogens is 1. The number of methoxy groups -OCH3 is 1. The van der Waals surface area contributed by atoms with E-state index < -0.39 is 6.09 Å². The first-order valence-corrected chi connectivity index (χ1v) is 6.98. The van der Waals surface area contributed by atoms with Gasteiger partial charge in [0.25, 0.3) is 0 Å². The summed E-state index contributed by atoms with van der Waals surface area (Å²) in [6.07, 6.45) is -0.607. The van der Waals surface area contributed by atoms with E-state index in [0.29, 0.717) is 21.5 Å². The Morgan fingerprint density at radius 3 is 2.82 bits per heavy atom. The van der Waals surface area contributed by atoms with Gasteiger partial charge in [-0.2, -0.15) is 0 Å². The van der Waals surface area contributed by atoms with Gasteiger partial charge < -0.3 is 15.9 Å². The van der Waals surface area contributed by atoms with Crippen LogP contribution >= 0.6 is 11.3 Å². The molecule has 0 radical (unpaired) electrons. The van der Waals surface area contributed by atoms with E-state index in [4.69, 9.17) is 0 Å². The van der Waals surface area contributed by atoms with Gasteiger partial charge in [-0.05, 0) is 29.6 Å². The Hall–Kier alpha value is -2.71. The zero-order valence-electron chi connectivity index (χ0n) is 11.8. The number of rotatable bonds is 3. The lowest BCUT2D eigenvalue weighted by atomic mass is 10.1. The molecule has 1 amide bonds. The van der Waals surface area contributed by atoms with Crippen LogP contribution in [-0.2, 0) is 4.74 Å². The molecule has 0 fully saturated rings. The molecule has 5 N–H and O–H groups in total. The Labute approximate surface area is 129 Å². The largest absolute Gasteiger partial charge is 0.453 e. The van der Waals surface area contributed by atoms with Crippen molar-refractivity contribution in [2.75, 3.05) is 12.4 Å². The standard InChI is InChI=1S/C14H11N3O3S.H3N/c1-20-14(19)17-13-15-9-5-4-8(7-10(9)16-13)12(18)11-3-2-6-21-11;/h2-7H,1H3,(H2,15,16,17,19);1H3. The van der Waals surface area contributed by atoms with E-state index in [1.54, 1.807) is 24.3 Å². The highest BCUT2D eigenvalue weighted by molar-refractivity contribution is 7.12. The fourth-order valence-electron chi connectivity index (χ4n) is 1.91. The summed E-state index contributed by atoms with van der Waals surface area (Å²) in [4.78, 5) is 31.2. The van der Waals surface area contributed by atoms with Crippen molar-refractivity contribution in [1.29, 1.82) is 0 Å². The number of amides is 1. The molecular formula is C14H14N4O3S. The molecule has 0 unspecified atom stereocenters. The summed E-state index contributed by atoms with van der Waals surface area (Å²) in [7, 11) is 1.27. The van der Waals surface area contributed by atoms with Crippen molar-refractivity contribution in [1.82, 2.24) is 16.1 Å². The predicted molar refractivity (Wildman–Crippen MR) is 84.9 cm³/mol. The van der Waals surface area contributed by atoms with E-state index in [2.05, 4.69) is 20.0 Å².